The van der Waals surface area contributed by atoms with E-state index in [2.05, 4.69) is 67.4 Å². The van der Waals surface area contributed by atoms with Gasteiger partial charge < -0.3 is 9.47 Å². The monoisotopic (exact) mass is 455 g/mol. The first-order valence-corrected chi connectivity index (χ1v) is 10.9. The van der Waals surface area contributed by atoms with Crippen LogP contribution in [0.1, 0.15) is 30.7 Å². The van der Waals surface area contributed by atoms with Crippen molar-refractivity contribution in [3.8, 4) is 22.8 Å². The highest BCUT2D eigenvalue weighted by atomic mass is 79.9. The molecule has 0 bridgehead atoms. The van der Waals surface area contributed by atoms with Crippen molar-refractivity contribution in [1.29, 1.82) is 0 Å². The highest BCUT2D eigenvalue weighted by Crippen LogP contribution is 2.41. The number of aromatic nitrogens is 2. The number of nitrogens with one attached hydrogen (secondary N) is 1. The number of H-pyrrole nitrogens is 1. The first kappa shape index (κ1) is 20.0. The first-order chi connectivity index (χ1) is 14.2. The summed E-state index contributed by atoms with van der Waals surface area (Å²) in [6.45, 7) is 7.98. The molecule has 152 valence electrons. The van der Waals surface area contributed by atoms with E-state index in [4.69, 9.17) is 9.47 Å². The molecule has 4 rings (SSSR count). The number of halogens is 1. The van der Waals surface area contributed by atoms with Crippen molar-refractivity contribution < 1.29 is 9.47 Å². The molecule has 1 aromatic heterocycles. The predicted molar refractivity (Wildman–Crippen MR) is 118 cm³/mol. The minimum atomic E-state index is 0.583. The number of benzene rings is 2. The molecule has 1 aliphatic heterocycles. The number of fused-ring (bicyclic) bond motifs is 1. The van der Waals surface area contributed by atoms with Crippen LogP contribution < -0.4 is 9.47 Å². The molecule has 6 heteroatoms. The zero-order valence-electron chi connectivity index (χ0n) is 16.9. The summed E-state index contributed by atoms with van der Waals surface area (Å²) < 4.78 is 12.5. The van der Waals surface area contributed by atoms with Crippen molar-refractivity contribution in [2.75, 3.05) is 19.8 Å². The molecular formula is C23H26BrN3O2. The Morgan fingerprint density at radius 3 is 2.66 bits per heavy atom. The minimum absolute atomic E-state index is 0.583. The van der Waals surface area contributed by atoms with Crippen molar-refractivity contribution in [3.05, 3.63) is 63.8 Å². The standard InChI is InChI=1S/C23H26BrN3O2/c1-3-28-21-13-17(12-19(24)23(21)29-4-2)22-18-15-27(11-10-20(18)25-26-22)14-16-8-6-5-7-9-16/h5-9,12-13H,3-4,10-11,14-15H2,1-2H3,(H,25,26). The molecule has 0 fully saturated rings. The third-order valence-electron chi connectivity index (χ3n) is 5.13. The number of hydrogen-bond donors (Lipinski definition) is 1. The molecule has 5 nitrogen and oxygen atoms in total. The van der Waals surface area contributed by atoms with Crippen molar-refractivity contribution in [2.45, 2.75) is 33.4 Å². The second kappa shape index (κ2) is 9.01. The quantitative estimate of drug-likeness (QED) is 0.532. The fourth-order valence-electron chi connectivity index (χ4n) is 3.82. The zero-order valence-corrected chi connectivity index (χ0v) is 18.5. The Kier molecular flexibility index (Phi) is 6.21. The van der Waals surface area contributed by atoms with E-state index in [1.54, 1.807) is 0 Å². The van der Waals surface area contributed by atoms with Gasteiger partial charge in [-0.25, -0.2) is 0 Å². The van der Waals surface area contributed by atoms with Gasteiger partial charge in [-0.1, -0.05) is 30.3 Å². The second-order valence-corrected chi connectivity index (χ2v) is 7.98. The molecule has 0 atom stereocenters. The van der Waals surface area contributed by atoms with Gasteiger partial charge in [-0.2, -0.15) is 5.10 Å². The Morgan fingerprint density at radius 1 is 1.10 bits per heavy atom. The lowest BCUT2D eigenvalue weighted by Crippen LogP contribution is -2.29. The summed E-state index contributed by atoms with van der Waals surface area (Å²) in [4.78, 5) is 2.48. The molecule has 29 heavy (non-hydrogen) atoms. The summed E-state index contributed by atoms with van der Waals surface area (Å²) >= 11 is 3.65. The van der Waals surface area contributed by atoms with Gasteiger partial charge in [0.25, 0.3) is 0 Å². The maximum atomic E-state index is 5.85. The molecule has 0 aliphatic carbocycles. The molecule has 0 saturated heterocycles. The van der Waals surface area contributed by atoms with E-state index in [1.807, 2.05) is 19.9 Å². The van der Waals surface area contributed by atoms with Gasteiger partial charge in [-0.15, -0.1) is 0 Å². The lowest BCUT2D eigenvalue weighted by atomic mass is 10.00. The second-order valence-electron chi connectivity index (χ2n) is 7.13. The topological polar surface area (TPSA) is 50.4 Å². The van der Waals surface area contributed by atoms with E-state index in [0.29, 0.717) is 13.2 Å². The normalized spacial score (nSPS) is 13.9. The number of aromatic amines is 1. The molecular weight excluding hydrogens is 430 g/mol. The van der Waals surface area contributed by atoms with Crippen LogP contribution in [0.3, 0.4) is 0 Å². The summed E-state index contributed by atoms with van der Waals surface area (Å²) in [5, 5.41) is 7.91. The van der Waals surface area contributed by atoms with Gasteiger partial charge in [0.05, 0.1) is 23.4 Å². The van der Waals surface area contributed by atoms with Crippen LogP contribution in [0.2, 0.25) is 0 Å². The minimum Gasteiger partial charge on any atom is -0.490 e. The molecule has 2 heterocycles. The van der Waals surface area contributed by atoms with Crippen LogP contribution in [0.25, 0.3) is 11.3 Å². The van der Waals surface area contributed by atoms with Crippen molar-refractivity contribution >= 4 is 15.9 Å². The van der Waals surface area contributed by atoms with Gasteiger partial charge in [0, 0.05) is 42.9 Å². The Balaban J connectivity index is 1.64. The molecule has 0 radical (unpaired) electrons. The smallest absolute Gasteiger partial charge is 0.175 e. The number of nitrogens with zero attached hydrogens (tertiary/aromatic N) is 2. The molecule has 0 amide bonds. The molecule has 0 unspecified atom stereocenters. The SMILES string of the molecule is CCOc1cc(-c2n[nH]c3c2CN(Cc2ccccc2)CC3)cc(Br)c1OCC. The zero-order chi connectivity index (χ0) is 20.2. The molecule has 1 N–H and O–H groups in total. The largest absolute Gasteiger partial charge is 0.490 e. The Hall–Kier alpha value is -2.31. The van der Waals surface area contributed by atoms with Crippen LogP contribution in [0.4, 0.5) is 0 Å². The van der Waals surface area contributed by atoms with Crippen molar-refractivity contribution in [3.63, 3.8) is 0 Å². The summed E-state index contributed by atoms with van der Waals surface area (Å²) in [5.74, 6) is 1.49. The number of ether oxygens (including phenoxy) is 2. The third kappa shape index (κ3) is 4.33. The Morgan fingerprint density at radius 2 is 1.90 bits per heavy atom. The first-order valence-electron chi connectivity index (χ1n) is 10.1. The van der Waals surface area contributed by atoms with Gasteiger partial charge in [-0.3, -0.25) is 10.00 Å². The number of hydrogen-bond acceptors (Lipinski definition) is 4. The van der Waals surface area contributed by atoms with Crippen LogP contribution in [0, 0.1) is 0 Å². The van der Waals surface area contributed by atoms with E-state index < -0.39 is 0 Å². The van der Waals surface area contributed by atoms with Crippen LogP contribution >= 0.6 is 15.9 Å². The summed E-state index contributed by atoms with van der Waals surface area (Å²) in [5.41, 5.74) is 5.85. The van der Waals surface area contributed by atoms with E-state index in [-0.39, 0.29) is 0 Å². The van der Waals surface area contributed by atoms with Gasteiger partial charge in [0.2, 0.25) is 0 Å². The summed E-state index contributed by atoms with van der Waals surface area (Å²) in [7, 11) is 0. The molecule has 0 saturated carbocycles. The average Bonchev–Trinajstić information content (AvgIpc) is 3.14. The Bertz CT molecular complexity index is 972. The summed E-state index contributed by atoms with van der Waals surface area (Å²) in [6.07, 6.45) is 0.978. The maximum Gasteiger partial charge on any atom is 0.175 e. The lowest BCUT2D eigenvalue weighted by Gasteiger charge is -2.27. The van der Waals surface area contributed by atoms with E-state index in [1.165, 1.54) is 16.8 Å². The van der Waals surface area contributed by atoms with Crippen LogP contribution in [-0.4, -0.2) is 34.9 Å². The fraction of sp³-hybridized carbons (Fsp3) is 0.348. The molecule has 3 aromatic rings. The predicted octanol–water partition coefficient (Wildman–Crippen LogP) is 5.19. The van der Waals surface area contributed by atoms with E-state index in [0.717, 1.165) is 53.3 Å². The van der Waals surface area contributed by atoms with Crippen LogP contribution in [-0.2, 0) is 19.5 Å². The molecule has 2 aromatic carbocycles. The van der Waals surface area contributed by atoms with Crippen LogP contribution in [0.5, 0.6) is 11.5 Å². The van der Waals surface area contributed by atoms with Crippen molar-refractivity contribution in [2.24, 2.45) is 0 Å². The third-order valence-corrected chi connectivity index (χ3v) is 5.72. The van der Waals surface area contributed by atoms with Gasteiger partial charge in [-0.05, 0) is 47.5 Å². The number of rotatable bonds is 7. The van der Waals surface area contributed by atoms with E-state index in [9.17, 15) is 0 Å². The Labute approximate surface area is 180 Å². The summed E-state index contributed by atoms with van der Waals surface area (Å²) in [6, 6.07) is 14.7. The fourth-order valence-corrected chi connectivity index (χ4v) is 4.37. The maximum absolute atomic E-state index is 5.85. The van der Waals surface area contributed by atoms with Gasteiger partial charge >= 0.3 is 0 Å². The highest BCUT2D eigenvalue weighted by Gasteiger charge is 2.24. The van der Waals surface area contributed by atoms with Gasteiger partial charge in [0.15, 0.2) is 11.5 Å². The van der Waals surface area contributed by atoms with Gasteiger partial charge in [0.1, 0.15) is 0 Å². The molecule has 1 aliphatic rings. The van der Waals surface area contributed by atoms with Crippen molar-refractivity contribution in [1.82, 2.24) is 15.1 Å². The molecule has 0 spiro atoms. The van der Waals surface area contributed by atoms with E-state index >= 15 is 0 Å². The van der Waals surface area contributed by atoms with Crippen LogP contribution in [0.15, 0.2) is 46.9 Å². The lowest BCUT2D eigenvalue weighted by molar-refractivity contribution is 0.245. The average molecular weight is 456 g/mol. The highest BCUT2D eigenvalue weighted by molar-refractivity contribution is 9.10.